The summed E-state index contributed by atoms with van der Waals surface area (Å²) < 4.78 is 5.82. The largest absolute Gasteiger partial charge is 0.478 e. The maximum atomic E-state index is 13.5. The van der Waals surface area contributed by atoms with Gasteiger partial charge in [0.1, 0.15) is 17.1 Å². The van der Waals surface area contributed by atoms with Crippen LogP contribution in [0, 0.1) is 0 Å². The fourth-order valence-electron chi connectivity index (χ4n) is 5.38. The molecule has 0 unspecified atom stereocenters. The van der Waals surface area contributed by atoms with Gasteiger partial charge in [-0.2, -0.15) is 0 Å². The topological polar surface area (TPSA) is 79.2 Å². The number of aliphatic imine (C=N–C) groups is 1. The minimum atomic E-state index is -1.32. The first-order valence-electron chi connectivity index (χ1n) is 13.7. The number of benzene rings is 2. The van der Waals surface area contributed by atoms with Crippen LogP contribution in [0.1, 0.15) is 90.2 Å². The van der Waals surface area contributed by atoms with Crippen molar-refractivity contribution in [2.45, 2.75) is 103 Å². The SMILES string of the molecule is CCCCC1=NC2(CCCC2)C(=O)N1Cc1ccc(-c2cc(OC(C)(C)C(=O)O)ccc2CCC)cc1. The highest BCUT2D eigenvalue weighted by atomic mass is 16.5. The molecular formula is C31H40N2O4. The Balaban J connectivity index is 1.57. The lowest BCUT2D eigenvalue weighted by Crippen LogP contribution is -2.40. The Labute approximate surface area is 220 Å². The summed E-state index contributed by atoms with van der Waals surface area (Å²) in [6.07, 6.45) is 8.77. The van der Waals surface area contributed by atoms with Gasteiger partial charge in [0, 0.05) is 6.42 Å². The Kier molecular flexibility index (Phi) is 8.05. The van der Waals surface area contributed by atoms with Crippen LogP contribution >= 0.6 is 0 Å². The number of carboxylic acid groups (broad SMARTS) is 1. The van der Waals surface area contributed by atoms with E-state index < -0.39 is 17.1 Å². The molecule has 1 saturated carbocycles. The molecule has 1 spiro atoms. The molecule has 2 aliphatic rings. The zero-order valence-electron chi connectivity index (χ0n) is 22.7. The Morgan fingerprint density at radius 3 is 2.38 bits per heavy atom. The third-order valence-electron chi connectivity index (χ3n) is 7.58. The lowest BCUT2D eigenvalue weighted by atomic mass is 9.95. The zero-order chi connectivity index (χ0) is 26.6. The number of aliphatic carboxylic acids is 1. The van der Waals surface area contributed by atoms with E-state index in [9.17, 15) is 14.7 Å². The summed E-state index contributed by atoms with van der Waals surface area (Å²) in [5.41, 5.74) is 2.53. The third-order valence-corrected chi connectivity index (χ3v) is 7.58. The number of aryl methyl sites for hydroxylation is 1. The maximum Gasteiger partial charge on any atom is 0.347 e. The Morgan fingerprint density at radius 2 is 1.76 bits per heavy atom. The minimum absolute atomic E-state index is 0.177. The monoisotopic (exact) mass is 504 g/mol. The molecule has 6 heteroatoms. The Morgan fingerprint density at radius 1 is 1.05 bits per heavy atom. The molecule has 37 heavy (non-hydrogen) atoms. The number of nitrogens with zero attached hydrogens (tertiary/aromatic N) is 2. The van der Waals surface area contributed by atoms with Gasteiger partial charge in [-0.15, -0.1) is 0 Å². The van der Waals surface area contributed by atoms with Crippen LogP contribution in [0.15, 0.2) is 47.5 Å². The third kappa shape index (κ3) is 5.73. The quantitative estimate of drug-likeness (QED) is 0.365. The van der Waals surface area contributed by atoms with Gasteiger partial charge >= 0.3 is 5.97 Å². The molecule has 1 fully saturated rings. The number of ether oxygens (including phenoxy) is 1. The highest BCUT2D eigenvalue weighted by Gasteiger charge is 2.49. The van der Waals surface area contributed by atoms with Gasteiger partial charge in [0.15, 0.2) is 5.60 Å². The number of unbranched alkanes of at least 4 members (excludes halogenated alkanes) is 1. The molecule has 198 valence electrons. The zero-order valence-corrected chi connectivity index (χ0v) is 22.7. The predicted octanol–water partition coefficient (Wildman–Crippen LogP) is 6.79. The standard InChI is InChI=1S/C31H40N2O4/c1-5-7-11-27-32-31(18-8-9-19-31)28(34)33(27)21-22-12-14-24(15-13-22)26-20-25(17-16-23(26)10-6-2)37-30(3,4)29(35)36/h12-17,20H,5-11,18-19,21H2,1-4H3,(H,35,36). The average molecular weight is 505 g/mol. The van der Waals surface area contributed by atoms with Crippen molar-refractivity contribution in [2.24, 2.45) is 4.99 Å². The molecule has 1 heterocycles. The second-order valence-corrected chi connectivity index (χ2v) is 10.9. The molecule has 6 nitrogen and oxygen atoms in total. The van der Waals surface area contributed by atoms with Gasteiger partial charge in [0.2, 0.25) is 0 Å². The highest BCUT2D eigenvalue weighted by Crippen LogP contribution is 2.40. The van der Waals surface area contributed by atoms with Crippen molar-refractivity contribution in [3.8, 4) is 16.9 Å². The average Bonchev–Trinajstić information content (AvgIpc) is 3.45. The summed E-state index contributed by atoms with van der Waals surface area (Å²) >= 11 is 0. The summed E-state index contributed by atoms with van der Waals surface area (Å²) in [4.78, 5) is 32.0. The molecule has 0 radical (unpaired) electrons. The van der Waals surface area contributed by atoms with Crippen molar-refractivity contribution in [3.05, 3.63) is 53.6 Å². The van der Waals surface area contributed by atoms with Gasteiger partial charge in [-0.25, -0.2) is 4.79 Å². The molecule has 1 aliphatic carbocycles. The summed E-state index contributed by atoms with van der Waals surface area (Å²) in [6.45, 7) is 7.96. The lowest BCUT2D eigenvalue weighted by molar-refractivity contribution is -0.152. The summed E-state index contributed by atoms with van der Waals surface area (Å²) in [5.74, 6) is 0.659. The molecular weight excluding hydrogens is 464 g/mol. The second-order valence-electron chi connectivity index (χ2n) is 10.9. The molecule has 0 atom stereocenters. The van der Waals surface area contributed by atoms with Crippen molar-refractivity contribution < 1.29 is 19.4 Å². The van der Waals surface area contributed by atoms with Crippen LogP contribution < -0.4 is 4.74 Å². The fourth-order valence-corrected chi connectivity index (χ4v) is 5.38. The lowest BCUT2D eigenvalue weighted by Gasteiger charge is -2.23. The van der Waals surface area contributed by atoms with Crippen molar-refractivity contribution in [2.75, 3.05) is 0 Å². The first-order chi connectivity index (χ1) is 17.7. The van der Waals surface area contributed by atoms with E-state index in [-0.39, 0.29) is 5.91 Å². The van der Waals surface area contributed by atoms with Gasteiger partial charge < -0.3 is 9.84 Å². The first-order valence-corrected chi connectivity index (χ1v) is 13.7. The van der Waals surface area contributed by atoms with Crippen molar-refractivity contribution in [1.29, 1.82) is 0 Å². The normalized spacial score (nSPS) is 16.9. The maximum absolute atomic E-state index is 13.5. The highest BCUT2D eigenvalue weighted by molar-refractivity contribution is 6.08. The van der Waals surface area contributed by atoms with E-state index in [1.165, 1.54) is 5.56 Å². The van der Waals surface area contributed by atoms with Crippen molar-refractivity contribution in [3.63, 3.8) is 0 Å². The van der Waals surface area contributed by atoms with E-state index in [1.54, 1.807) is 13.8 Å². The van der Waals surface area contributed by atoms with Crippen LogP contribution in [0.3, 0.4) is 0 Å². The fraction of sp³-hybridized carbons (Fsp3) is 0.516. The number of carbonyl (C=O) groups excluding carboxylic acids is 1. The molecule has 1 aliphatic heterocycles. The summed E-state index contributed by atoms with van der Waals surface area (Å²) in [6, 6.07) is 14.2. The summed E-state index contributed by atoms with van der Waals surface area (Å²) in [7, 11) is 0. The Hall–Kier alpha value is -3.15. The van der Waals surface area contributed by atoms with E-state index in [0.29, 0.717) is 12.3 Å². The number of amides is 1. The molecule has 1 N–H and O–H groups in total. The smallest absolute Gasteiger partial charge is 0.347 e. The number of hydrogen-bond acceptors (Lipinski definition) is 4. The molecule has 0 saturated heterocycles. The predicted molar refractivity (Wildman–Crippen MR) is 147 cm³/mol. The van der Waals surface area contributed by atoms with Gasteiger partial charge in [-0.05, 0) is 73.9 Å². The van der Waals surface area contributed by atoms with Crippen molar-refractivity contribution in [1.82, 2.24) is 4.90 Å². The number of amidine groups is 1. The van der Waals surface area contributed by atoms with Gasteiger partial charge in [-0.3, -0.25) is 14.7 Å². The van der Waals surface area contributed by atoms with E-state index in [4.69, 9.17) is 9.73 Å². The van der Waals surface area contributed by atoms with Gasteiger partial charge in [0.05, 0.1) is 6.54 Å². The van der Waals surface area contributed by atoms with Crippen LogP contribution in [0.4, 0.5) is 0 Å². The van der Waals surface area contributed by atoms with E-state index >= 15 is 0 Å². The van der Waals surface area contributed by atoms with Gasteiger partial charge in [-0.1, -0.05) is 69.9 Å². The number of carbonyl (C=O) groups is 2. The molecule has 2 aromatic carbocycles. The number of rotatable bonds is 11. The first kappa shape index (κ1) is 26.9. The van der Waals surface area contributed by atoms with Crippen LogP contribution in [0.5, 0.6) is 5.75 Å². The van der Waals surface area contributed by atoms with Crippen LogP contribution in [0.25, 0.3) is 11.1 Å². The van der Waals surface area contributed by atoms with E-state index in [2.05, 4.69) is 38.1 Å². The van der Waals surface area contributed by atoms with Crippen LogP contribution in [0.2, 0.25) is 0 Å². The van der Waals surface area contributed by atoms with Crippen LogP contribution in [-0.4, -0.2) is 38.9 Å². The molecule has 4 rings (SSSR count). The summed E-state index contributed by atoms with van der Waals surface area (Å²) in [5, 5.41) is 9.47. The molecule has 0 aromatic heterocycles. The van der Waals surface area contributed by atoms with E-state index in [1.807, 2.05) is 23.1 Å². The van der Waals surface area contributed by atoms with Crippen LogP contribution in [-0.2, 0) is 22.6 Å². The number of hydrogen-bond donors (Lipinski definition) is 1. The molecule has 2 aromatic rings. The second kappa shape index (κ2) is 11.1. The molecule has 1 amide bonds. The minimum Gasteiger partial charge on any atom is -0.478 e. The number of carboxylic acids is 1. The van der Waals surface area contributed by atoms with Gasteiger partial charge in [0.25, 0.3) is 5.91 Å². The molecule has 0 bridgehead atoms. The Bertz CT molecular complexity index is 1160. The van der Waals surface area contributed by atoms with Crippen molar-refractivity contribution >= 4 is 17.7 Å². The van der Waals surface area contributed by atoms with E-state index in [0.717, 1.165) is 80.3 Å².